The number of anilines is 1. The van der Waals surface area contributed by atoms with Gasteiger partial charge in [0, 0.05) is 57.6 Å². The molecule has 2 N–H and O–H groups in total. The summed E-state index contributed by atoms with van der Waals surface area (Å²) < 4.78 is 5.87. The number of piperazine rings is 1. The summed E-state index contributed by atoms with van der Waals surface area (Å²) in [7, 11) is 2.17. The molecule has 2 aliphatic rings. The quantitative estimate of drug-likeness (QED) is 0.581. The van der Waals surface area contributed by atoms with E-state index < -0.39 is 0 Å². The summed E-state index contributed by atoms with van der Waals surface area (Å²) in [6.07, 6.45) is 4.11. The molecule has 27 heavy (non-hydrogen) atoms. The molecular weight excluding hydrogens is 340 g/mol. The molecule has 1 aromatic heterocycles. The Bertz CT molecular complexity index is 621. The molecule has 1 aromatic rings. The molecule has 0 spiro atoms. The van der Waals surface area contributed by atoms with E-state index in [1.54, 1.807) is 0 Å². The van der Waals surface area contributed by atoms with E-state index in [1.807, 2.05) is 12.3 Å². The van der Waals surface area contributed by atoms with Crippen LogP contribution in [-0.4, -0.2) is 74.4 Å². The molecule has 3 heterocycles. The van der Waals surface area contributed by atoms with E-state index in [1.165, 1.54) is 5.56 Å². The molecule has 0 bridgehead atoms. The Morgan fingerprint density at radius 2 is 2.11 bits per heavy atom. The van der Waals surface area contributed by atoms with E-state index in [4.69, 9.17) is 9.73 Å². The Morgan fingerprint density at radius 3 is 2.81 bits per heavy atom. The van der Waals surface area contributed by atoms with Crippen molar-refractivity contribution in [3.8, 4) is 0 Å². The van der Waals surface area contributed by atoms with Gasteiger partial charge in [-0.25, -0.2) is 9.98 Å². The Balaban J connectivity index is 1.65. The first kappa shape index (κ1) is 19.9. The van der Waals surface area contributed by atoms with E-state index in [-0.39, 0.29) is 5.60 Å². The number of aromatic nitrogens is 1. The van der Waals surface area contributed by atoms with Gasteiger partial charge in [0.2, 0.25) is 0 Å². The van der Waals surface area contributed by atoms with E-state index in [0.717, 1.165) is 70.5 Å². The van der Waals surface area contributed by atoms with Crippen molar-refractivity contribution in [3.05, 3.63) is 23.9 Å². The monoisotopic (exact) mass is 374 g/mol. The lowest BCUT2D eigenvalue weighted by Gasteiger charge is -2.34. The summed E-state index contributed by atoms with van der Waals surface area (Å²) in [5.74, 6) is 1.90. The van der Waals surface area contributed by atoms with E-state index in [9.17, 15) is 0 Å². The van der Waals surface area contributed by atoms with Crippen molar-refractivity contribution in [2.75, 3.05) is 57.8 Å². The van der Waals surface area contributed by atoms with Crippen molar-refractivity contribution in [2.45, 2.75) is 38.8 Å². The zero-order valence-corrected chi connectivity index (χ0v) is 17.0. The molecular formula is C20H34N6O. The van der Waals surface area contributed by atoms with Crippen LogP contribution in [0.15, 0.2) is 23.3 Å². The van der Waals surface area contributed by atoms with Crippen LogP contribution in [0.5, 0.6) is 0 Å². The number of nitrogens with one attached hydrogen (secondary N) is 2. The SMILES string of the molecule is CCNC(=NCc1cccnc1N1CCN(C)CC1)NCC1(C)CCCO1. The standard InChI is InChI=1S/C20H34N6O/c1-4-21-19(24-16-20(2)8-6-14-27-20)23-15-17-7-5-9-22-18(17)26-12-10-25(3)11-13-26/h5,7,9H,4,6,8,10-16H2,1-3H3,(H2,21,23,24). The smallest absolute Gasteiger partial charge is 0.191 e. The molecule has 0 radical (unpaired) electrons. The van der Waals surface area contributed by atoms with Gasteiger partial charge in [0.1, 0.15) is 5.82 Å². The summed E-state index contributed by atoms with van der Waals surface area (Å²) in [4.78, 5) is 14.2. The summed E-state index contributed by atoms with van der Waals surface area (Å²) in [5.41, 5.74) is 1.08. The van der Waals surface area contributed by atoms with Gasteiger partial charge in [-0.15, -0.1) is 0 Å². The molecule has 7 nitrogen and oxygen atoms in total. The molecule has 150 valence electrons. The second kappa shape index (κ2) is 9.37. The summed E-state index contributed by atoms with van der Waals surface area (Å²) in [5, 5.41) is 6.79. The lowest BCUT2D eigenvalue weighted by atomic mass is 10.0. The van der Waals surface area contributed by atoms with E-state index in [0.29, 0.717) is 6.54 Å². The molecule has 0 saturated carbocycles. The third kappa shape index (κ3) is 5.56. The lowest BCUT2D eigenvalue weighted by molar-refractivity contribution is 0.0243. The van der Waals surface area contributed by atoms with Crippen LogP contribution >= 0.6 is 0 Å². The zero-order chi connectivity index (χ0) is 19.1. The van der Waals surface area contributed by atoms with Gasteiger partial charge in [-0.1, -0.05) is 6.07 Å². The number of hydrogen-bond acceptors (Lipinski definition) is 5. The largest absolute Gasteiger partial charge is 0.373 e. The van der Waals surface area contributed by atoms with Gasteiger partial charge in [-0.05, 0) is 39.8 Å². The molecule has 7 heteroatoms. The fourth-order valence-electron chi connectivity index (χ4n) is 3.61. The Labute approximate surface area is 163 Å². The van der Waals surface area contributed by atoms with Gasteiger partial charge in [0.15, 0.2) is 5.96 Å². The molecule has 1 unspecified atom stereocenters. The second-order valence-corrected chi connectivity index (χ2v) is 7.73. The number of pyridine rings is 1. The molecule has 0 aliphatic carbocycles. The van der Waals surface area contributed by atoms with Gasteiger partial charge < -0.3 is 25.2 Å². The van der Waals surface area contributed by atoms with Gasteiger partial charge in [0.25, 0.3) is 0 Å². The molecule has 0 amide bonds. The van der Waals surface area contributed by atoms with Crippen LogP contribution in [0.2, 0.25) is 0 Å². The highest BCUT2D eigenvalue weighted by atomic mass is 16.5. The lowest BCUT2D eigenvalue weighted by Crippen LogP contribution is -2.45. The normalized spacial score (nSPS) is 24.3. The van der Waals surface area contributed by atoms with Gasteiger partial charge in [0.05, 0.1) is 12.1 Å². The average molecular weight is 375 g/mol. The van der Waals surface area contributed by atoms with Crippen LogP contribution in [0.4, 0.5) is 5.82 Å². The predicted molar refractivity (Wildman–Crippen MR) is 110 cm³/mol. The molecule has 2 saturated heterocycles. The molecule has 0 aromatic carbocycles. The number of guanidine groups is 1. The number of aliphatic imine (C=N–C) groups is 1. The number of rotatable bonds is 6. The van der Waals surface area contributed by atoms with Gasteiger partial charge >= 0.3 is 0 Å². The maximum Gasteiger partial charge on any atom is 0.191 e. The van der Waals surface area contributed by atoms with Crippen LogP contribution in [0.25, 0.3) is 0 Å². The van der Waals surface area contributed by atoms with Crippen LogP contribution in [0.1, 0.15) is 32.3 Å². The van der Waals surface area contributed by atoms with Crippen LogP contribution in [-0.2, 0) is 11.3 Å². The first-order chi connectivity index (χ1) is 13.1. The van der Waals surface area contributed by atoms with Crippen LogP contribution < -0.4 is 15.5 Å². The minimum Gasteiger partial charge on any atom is -0.373 e. The predicted octanol–water partition coefficient (Wildman–Crippen LogP) is 1.46. The Morgan fingerprint density at radius 1 is 1.30 bits per heavy atom. The van der Waals surface area contributed by atoms with E-state index in [2.05, 4.69) is 52.4 Å². The fraction of sp³-hybridized carbons (Fsp3) is 0.700. The number of hydrogen-bond donors (Lipinski definition) is 2. The molecule has 1 atom stereocenters. The number of likely N-dealkylation sites (N-methyl/N-ethyl adjacent to an activating group) is 1. The summed E-state index contributed by atoms with van der Waals surface area (Å²) in [6.45, 7) is 11.5. The third-order valence-corrected chi connectivity index (χ3v) is 5.35. The topological polar surface area (TPSA) is 65.0 Å². The highest BCUT2D eigenvalue weighted by Crippen LogP contribution is 2.24. The summed E-state index contributed by atoms with van der Waals surface area (Å²) in [6, 6.07) is 4.13. The van der Waals surface area contributed by atoms with Gasteiger partial charge in [-0.3, -0.25) is 0 Å². The first-order valence-electron chi connectivity index (χ1n) is 10.1. The molecule has 2 aliphatic heterocycles. The van der Waals surface area contributed by atoms with E-state index >= 15 is 0 Å². The highest BCUT2D eigenvalue weighted by molar-refractivity contribution is 5.79. The van der Waals surface area contributed by atoms with Crippen molar-refractivity contribution in [2.24, 2.45) is 4.99 Å². The minimum atomic E-state index is -0.0878. The fourth-order valence-corrected chi connectivity index (χ4v) is 3.61. The van der Waals surface area contributed by atoms with Crippen molar-refractivity contribution in [1.82, 2.24) is 20.5 Å². The van der Waals surface area contributed by atoms with Crippen molar-refractivity contribution < 1.29 is 4.74 Å². The average Bonchev–Trinajstić information content (AvgIpc) is 3.12. The minimum absolute atomic E-state index is 0.0878. The van der Waals surface area contributed by atoms with Gasteiger partial charge in [-0.2, -0.15) is 0 Å². The van der Waals surface area contributed by atoms with Crippen LogP contribution in [0, 0.1) is 0 Å². The Hall–Kier alpha value is -1.86. The maximum absolute atomic E-state index is 5.87. The molecule has 2 fully saturated rings. The maximum atomic E-state index is 5.87. The molecule has 3 rings (SSSR count). The zero-order valence-electron chi connectivity index (χ0n) is 17.0. The number of nitrogens with zero attached hydrogens (tertiary/aromatic N) is 4. The van der Waals surface area contributed by atoms with Crippen LogP contribution in [0.3, 0.4) is 0 Å². The number of ether oxygens (including phenoxy) is 1. The summed E-state index contributed by atoms with van der Waals surface area (Å²) >= 11 is 0. The second-order valence-electron chi connectivity index (χ2n) is 7.73. The van der Waals surface area contributed by atoms with Crippen molar-refractivity contribution >= 4 is 11.8 Å². The Kier molecular flexibility index (Phi) is 6.90. The van der Waals surface area contributed by atoms with Crippen molar-refractivity contribution in [1.29, 1.82) is 0 Å². The first-order valence-corrected chi connectivity index (χ1v) is 10.1. The highest BCUT2D eigenvalue weighted by Gasteiger charge is 2.29. The van der Waals surface area contributed by atoms with Crippen molar-refractivity contribution in [3.63, 3.8) is 0 Å². The third-order valence-electron chi connectivity index (χ3n) is 5.35.